The number of amides is 1. The lowest BCUT2D eigenvalue weighted by atomic mass is 10.2. The standard InChI is InChI=1S/C9H21N3O2/c1-7(11-6-5-10)12-8(13)14-9(2,3)4/h7,11H,5-6,10H2,1-4H3,(H,12,13). The molecule has 5 heteroatoms. The highest BCUT2D eigenvalue weighted by Gasteiger charge is 2.16. The third kappa shape index (κ3) is 7.82. The Balaban J connectivity index is 3.71. The van der Waals surface area contributed by atoms with Crippen LogP contribution in [0, 0.1) is 0 Å². The fraction of sp³-hybridized carbons (Fsp3) is 0.889. The number of hydrogen-bond acceptors (Lipinski definition) is 4. The molecule has 0 rings (SSSR count). The van der Waals surface area contributed by atoms with Crippen LogP contribution >= 0.6 is 0 Å². The Morgan fingerprint density at radius 2 is 2.07 bits per heavy atom. The van der Waals surface area contributed by atoms with Crippen molar-refractivity contribution >= 4 is 6.09 Å². The van der Waals surface area contributed by atoms with Crippen molar-refractivity contribution in [2.45, 2.75) is 39.5 Å². The van der Waals surface area contributed by atoms with Crippen LogP contribution in [0.5, 0.6) is 0 Å². The summed E-state index contributed by atoms with van der Waals surface area (Å²) in [4.78, 5) is 11.2. The molecule has 0 aliphatic heterocycles. The van der Waals surface area contributed by atoms with Crippen LogP contribution in [0.2, 0.25) is 0 Å². The molecule has 84 valence electrons. The van der Waals surface area contributed by atoms with E-state index >= 15 is 0 Å². The highest BCUT2D eigenvalue weighted by Crippen LogP contribution is 2.06. The van der Waals surface area contributed by atoms with E-state index in [2.05, 4.69) is 10.6 Å². The van der Waals surface area contributed by atoms with Crippen molar-refractivity contribution in [3.8, 4) is 0 Å². The summed E-state index contributed by atoms with van der Waals surface area (Å²) in [5, 5.41) is 5.66. The van der Waals surface area contributed by atoms with E-state index in [4.69, 9.17) is 10.5 Å². The number of nitrogens with one attached hydrogen (secondary N) is 2. The minimum Gasteiger partial charge on any atom is -0.444 e. The van der Waals surface area contributed by atoms with Crippen LogP contribution in [0.15, 0.2) is 0 Å². The van der Waals surface area contributed by atoms with Gasteiger partial charge in [-0.3, -0.25) is 5.32 Å². The number of carbonyl (C=O) groups is 1. The lowest BCUT2D eigenvalue weighted by Crippen LogP contribution is -2.46. The maximum atomic E-state index is 11.2. The molecule has 0 radical (unpaired) electrons. The lowest BCUT2D eigenvalue weighted by molar-refractivity contribution is 0.0500. The van der Waals surface area contributed by atoms with Gasteiger partial charge in [0, 0.05) is 13.1 Å². The fourth-order valence-corrected chi connectivity index (χ4v) is 0.835. The molecule has 0 aliphatic rings. The minimum absolute atomic E-state index is 0.131. The van der Waals surface area contributed by atoms with E-state index in [0.29, 0.717) is 13.1 Å². The molecule has 0 saturated heterocycles. The van der Waals surface area contributed by atoms with Crippen LogP contribution in [0.25, 0.3) is 0 Å². The number of hydrogen-bond donors (Lipinski definition) is 3. The van der Waals surface area contributed by atoms with Gasteiger partial charge in [-0.1, -0.05) is 0 Å². The first-order chi connectivity index (χ1) is 6.35. The van der Waals surface area contributed by atoms with Crippen LogP contribution in [-0.4, -0.2) is 30.9 Å². The van der Waals surface area contributed by atoms with Crippen molar-refractivity contribution in [1.29, 1.82) is 0 Å². The molecule has 0 heterocycles. The van der Waals surface area contributed by atoms with Crippen LogP contribution in [0.4, 0.5) is 4.79 Å². The van der Waals surface area contributed by atoms with Gasteiger partial charge in [0.25, 0.3) is 0 Å². The molecule has 1 unspecified atom stereocenters. The Morgan fingerprint density at radius 1 is 1.50 bits per heavy atom. The highest BCUT2D eigenvalue weighted by atomic mass is 16.6. The van der Waals surface area contributed by atoms with Crippen molar-refractivity contribution in [3.05, 3.63) is 0 Å². The smallest absolute Gasteiger partial charge is 0.408 e. The van der Waals surface area contributed by atoms with Crippen LogP contribution < -0.4 is 16.4 Å². The number of carbonyl (C=O) groups excluding carboxylic acids is 1. The van der Waals surface area contributed by atoms with E-state index < -0.39 is 11.7 Å². The summed E-state index contributed by atoms with van der Waals surface area (Å²) < 4.78 is 5.07. The molecule has 0 aromatic carbocycles. The Hall–Kier alpha value is -0.810. The number of alkyl carbamates (subject to hydrolysis) is 1. The Labute approximate surface area is 85.4 Å². The number of ether oxygens (including phenoxy) is 1. The number of nitrogens with two attached hydrogens (primary N) is 1. The molecule has 0 fully saturated rings. The topological polar surface area (TPSA) is 76.4 Å². The first-order valence-corrected chi connectivity index (χ1v) is 4.78. The molecule has 0 spiro atoms. The van der Waals surface area contributed by atoms with E-state index in [9.17, 15) is 4.79 Å². The highest BCUT2D eigenvalue weighted by molar-refractivity contribution is 5.67. The molecule has 1 atom stereocenters. The minimum atomic E-state index is -0.461. The summed E-state index contributed by atoms with van der Waals surface area (Å²) in [5.74, 6) is 0. The molecule has 0 aromatic heterocycles. The van der Waals surface area contributed by atoms with Gasteiger partial charge in [0.05, 0.1) is 6.17 Å². The van der Waals surface area contributed by atoms with Gasteiger partial charge in [-0.2, -0.15) is 0 Å². The zero-order chi connectivity index (χ0) is 11.2. The van der Waals surface area contributed by atoms with Gasteiger partial charge in [0.1, 0.15) is 5.60 Å². The Kier molecular flexibility index (Phi) is 5.49. The summed E-state index contributed by atoms with van der Waals surface area (Å²) in [5.41, 5.74) is 4.84. The van der Waals surface area contributed by atoms with Crippen LogP contribution in [0.3, 0.4) is 0 Å². The summed E-state index contributed by atoms with van der Waals surface area (Å²) in [6.45, 7) is 8.51. The molecular weight excluding hydrogens is 182 g/mol. The summed E-state index contributed by atoms with van der Waals surface area (Å²) in [6, 6.07) is 0. The van der Waals surface area contributed by atoms with Crippen molar-refractivity contribution in [3.63, 3.8) is 0 Å². The Bertz CT molecular complexity index is 177. The quantitative estimate of drug-likeness (QED) is 0.578. The molecular formula is C9H21N3O2. The van der Waals surface area contributed by atoms with Crippen LogP contribution in [0.1, 0.15) is 27.7 Å². The predicted molar refractivity (Wildman–Crippen MR) is 55.9 cm³/mol. The third-order valence-corrected chi connectivity index (χ3v) is 1.33. The maximum absolute atomic E-state index is 11.2. The van der Waals surface area contributed by atoms with Crippen molar-refractivity contribution in [1.82, 2.24) is 10.6 Å². The van der Waals surface area contributed by atoms with Crippen molar-refractivity contribution in [2.75, 3.05) is 13.1 Å². The second-order valence-electron chi connectivity index (χ2n) is 4.11. The second kappa shape index (κ2) is 5.82. The van der Waals surface area contributed by atoms with Gasteiger partial charge < -0.3 is 15.8 Å². The van der Waals surface area contributed by atoms with Gasteiger partial charge in [0.15, 0.2) is 0 Å². The average molecular weight is 203 g/mol. The third-order valence-electron chi connectivity index (χ3n) is 1.33. The molecule has 4 N–H and O–H groups in total. The maximum Gasteiger partial charge on any atom is 0.408 e. The zero-order valence-electron chi connectivity index (χ0n) is 9.39. The lowest BCUT2D eigenvalue weighted by Gasteiger charge is -2.22. The van der Waals surface area contributed by atoms with E-state index in [1.54, 1.807) is 0 Å². The molecule has 5 nitrogen and oxygen atoms in total. The first kappa shape index (κ1) is 13.2. The van der Waals surface area contributed by atoms with E-state index in [1.165, 1.54) is 0 Å². The number of rotatable bonds is 4. The van der Waals surface area contributed by atoms with Crippen molar-refractivity contribution in [2.24, 2.45) is 5.73 Å². The molecule has 0 aromatic rings. The largest absolute Gasteiger partial charge is 0.444 e. The van der Waals surface area contributed by atoms with E-state index in [1.807, 2.05) is 27.7 Å². The van der Waals surface area contributed by atoms with Gasteiger partial charge in [0.2, 0.25) is 0 Å². The molecule has 1 amide bonds. The van der Waals surface area contributed by atoms with Crippen LogP contribution in [-0.2, 0) is 4.74 Å². The predicted octanol–water partition coefficient (Wildman–Crippen LogP) is 0.405. The average Bonchev–Trinajstić information content (AvgIpc) is 1.96. The zero-order valence-corrected chi connectivity index (χ0v) is 9.39. The van der Waals surface area contributed by atoms with Gasteiger partial charge in [-0.05, 0) is 27.7 Å². The second-order valence-corrected chi connectivity index (χ2v) is 4.11. The normalized spacial score (nSPS) is 13.5. The van der Waals surface area contributed by atoms with E-state index in [-0.39, 0.29) is 6.17 Å². The van der Waals surface area contributed by atoms with Crippen molar-refractivity contribution < 1.29 is 9.53 Å². The SMILES string of the molecule is CC(NCCN)NC(=O)OC(C)(C)C. The molecule has 0 bridgehead atoms. The monoisotopic (exact) mass is 203 g/mol. The Morgan fingerprint density at radius 3 is 2.50 bits per heavy atom. The molecule has 0 aliphatic carbocycles. The van der Waals surface area contributed by atoms with Gasteiger partial charge in [-0.15, -0.1) is 0 Å². The first-order valence-electron chi connectivity index (χ1n) is 4.78. The molecule has 0 saturated carbocycles. The fourth-order valence-electron chi connectivity index (χ4n) is 0.835. The van der Waals surface area contributed by atoms with Gasteiger partial charge >= 0.3 is 6.09 Å². The summed E-state index contributed by atoms with van der Waals surface area (Å²) in [7, 11) is 0. The van der Waals surface area contributed by atoms with Gasteiger partial charge in [-0.25, -0.2) is 4.79 Å². The summed E-state index contributed by atoms with van der Waals surface area (Å²) in [6.07, 6.45) is -0.553. The summed E-state index contributed by atoms with van der Waals surface area (Å²) >= 11 is 0. The van der Waals surface area contributed by atoms with E-state index in [0.717, 1.165) is 0 Å². The molecule has 14 heavy (non-hydrogen) atoms.